The number of thiazole rings is 1. The zero-order chi connectivity index (χ0) is 15.2. The van der Waals surface area contributed by atoms with Crippen molar-refractivity contribution in [2.24, 2.45) is 0 Å². The third kappa shape index (κ3) is 4.77. The van der Waals surface area contributed by atoms with Gasteiger partial charge in [0.05, 0.1) is 16.7 Å². The van der Waals surface area contributed by atoms with Crippen LogP contribution in [0.25, 0.3) is 6.08 Å². The Hall–Kier alpha value is -1.50. The predicted octanol–water partition coefficient (Wildman–Crippen LogP) is 2.95. The van der Waals surface area contributed by atoms with Gasteiger partial charge in [-0.15, -0.1) is 22.7 Å². The Morgan fingerprint density at radius 3 is 2.86 bits per heavy atom. The smallest absolute Gasteiger partial charge is 0.244 e. The minimum atomic E-state index is -0.0935. The second-order valence-electron chi connectivity index (χ2n) is 4.86. The van der Waals surface area contributed by atoms with E-state index in [1.807, 2.05) is 32.5 Å². The van der Waals surface area contributed by atoms with Crippen molar-refractivity contribution in [2.45, 2.75) is 13.0 Å². The first-order chi connectivity index (χ1) is 10.1. The maximum Gasteiger partial charge on any atom is 0.244 e. The molecule has 2 rings (SSSR count). The highest BCUT2D eigenvalue weighted by Crippen LogP contribution is 2.22. The molecule has 0 radical (unpaired) electrons. The number of hydrogen-bond acceptors (Lipinski definition) is 5. The molecule has 0 aliphatic heterocycles. The van der Waals surface area contributed by atoms with E-state index >= 15 is 0 Å². The van der Waals surface area contributed by atoms with Gasteiger partial charge in [0.15, 0.2) is 0 Å². The average molecular weight is 321 g/mol. The van der Waals surface area contributed by atoms with Crippen LogP contribution >= 0.6 is 22.7 Å². The van der Waals surface area contributed by atoms with Crippen molar-refractivity contribution in [1.82, 2.24) is 15.2 Å². The Kier molecular flexibility index (Phi) is 5.67. The Morgan fingerprint density at radius 1 is 1.48 bits per heavy atom. The van der Waals surface area contributed by atoms with Gasteiger partial charge in [0.2, 0.25) is 5.91 Å². The van der Waals surface area contributed by atoms with Gasteiger partial charge in [0.25, 0.3) is 0 Å². The molecule has 0 saturated carbocycles. The third-order valence-corrected chi connectivity index (χ3v) is 4.77. The van der Waals surface area contributed by atoms with Crippen LogP contribution < -0.4 is 5.32 Å². The van der Waals surface area contributed by atoms with Crippen LogP contribution in [0.3, 0.4) is 0 Å². The highest BCUT2D eigenvalue weighted by molar-refractivity contribution is 7.10. The highest BCUT2D eigenvalue weighted by atomic mass is 32.1. The van der Waals surface area contributed by atoms with Crippen LogP contribution in [0.5, 0.6) is 0 Å². The zero-order valence-electron chi connectivity index (χ0n) is 12.4. The minimum Gasteiger partial charge on any atom is -0.351 e. The van der Waals surface area contributed by atoms with E-state index in [1.165, 1.54) is 11.0 Å². The molecule has 4 nitrogen and oxygen atoms in total. The zero-order valence-corrected chi connectivity index (χ0v) is 14.0. The maximum atomic E-state index is 11.9. The minimum absolute atomic E-state index is 0.0935. The van der Waals surface area contributed by atoms with Crippen LogP contribution in [-0.4, -0.2) is 36.4 Å². The number of carbonyl (C=O) groups is 1. The molecule has 1 N–H and O–H groups in total. The van der Waals surface area contributed by atoms with E-state index in [1.54, 1.807) is 28.7 Å². The summed E-state index contributed by atoms with van der Waals surface area (Å²) in [5, 5.41) is 7.94. The first-order valence-corrected chi connectivity index (χ1v) is 8.40. The molecule has 0 fully saturated rings. The number of nitrogens with one attached hydrogen (secondary N) is 1. The summed E-state index contributed by atoms with van der Waals surface area (Å²) in [7, 11) is 4.04. The summed E-state index contributed by atoms with van der Waals surface area (Å²) in [6, 6.07) is 4.32. The van der Waals surface area contributed by atoms with Crippen molar-refractivity contribution in [3.63, 3.8) is 0 Å². The molecule has 0 aliphatic rings. The van der Waals surface area contributed by atoms with Crippen molar-refractivity contribution in [3.05, 3.63) is 44.5 Å². The topological polar surface area (TPSA) is 45.2 Å². The molecule has 2 aromatic rings. The number of amides is 1. The van der Waals surface area contributed by atoms with Crippen molar-refractivity contribution in [3.8, 4) is 0 Å². The second kappa shape index (κ2) is 7.49. The van der Waals surface area contributed by atoms with Crippen LogP contribution in [-0.2, 0) is 4.79 Å². The lowest BCUT2D eigenvalue weighted by Gasteiger charge is -2.23. The lowest BCUT2D eigenvalue weighted by atomic mass is 10.2. The van der Waals surface area contributed by atoms with Gasteiger partial charge in [-0.25, -0.2) is 4.98 Å². The summed E-state index contributed by atoms with van der Waals surface area (Å²) < 4.78 is 0. The molecule has 2 aromatic heterocycles. The van der Waals surface area contributed by atoms with E-state index in [0.717, 1.165) is 10.7 Å². The number of nitrogens with zero attached hydrogens (tertiary/aromatic N) is 2. The molecule has 0 spiro atoms. The monoisotopic (exact) mass is 321 g/mol. The van der Waals surface area contributed by atoms with Gasteiger partial charge in [-0.1, -0.05) is 6.07 Å². The number of carbonyl (C=O) groups excluding carboxylic acids is 1. The van der Waals surface area contributed by atoms with Gasteiger partial charge in [-0.05, 0) is 38.5 Å². The molecule has 2 heterocycles. The maximum absolute atomic E-state index is 11.9. The number of thiophene rings is 1. The standard InChI is InChI=1S/C15H19N3OS2/c1-11-17-12(10-21-11)6-7-15(19)16-9-13(18(2)3)14-5-4-8-20-14/h4-8,10,13H,9H2,1-3H3,(H,16,19)/b7-6+. The van der Waals surface area contributed by atoms with Gasteiger partial charge < -0.3 is 10.2 Å². The third-order valence-electron chi connectivity index (χ3n) is 3.01. The molecular formula is C15H19N3OS2. The Balaban J connectivity index is 1.89. The molecule has 1 atom stereocenters. The lowest BCUT2D eigenvalue weighted by molar-refractivity contribution is -0.116. The van der Waals surface area contributed by atoms with Crippen LogP contribution in [0.1, 0.15) is 21.6 Å². The summed E-state index contributed by atoms with van der Waals surface area (Å²) in [5.41, 5.74) is 0.829. The quantitative estimate of drug-likeness (QED) is 0.832. The molecule has 1 amide bonds. The normalized spacial score (nSPS) is 13.0. The summed E-state index contributed by atoms with van der Waals surface area (Å²) in [4.78, 5) is 19.5. The van der Waals surface area contributed by atoms with E-state index in [2.05, 4.69) is 26.6 Å². The highest BCUT2D eigenvalue weighted by Gasteiger charge is 2.15. The summed E-state index contributed by atoms with van der Waals surface area (Å²) in [6.07, 6.45) is 3.28. The first-order valence-electron chi connectivity index (χ1n) is 6.64. The van der Waals surface area contributed by atoms with Crippen LogP contribution in [0.15, 0.2) is 29.0 Å². The molecule has 21 heavy (non-hydrogen) atoms. The van der Waals surface area contributed by atoms with Crippen LogP contribution in [0, 0.1) is 6.92 Å². The number of aromatic nitrogens is 1. The number of likely N-dealkylation sites (N-methyl/N-ethyl adjacent to an activating group) is 1. The van der Waals surface area contributed by atoms with Crippen molar-refractivity contribution in [1.29, 1.82) is 0 Å². The molecule has 1 unspecified atom stereocenters. The van der Waals surface area contributed by atoms with Crippen molar-refractivity contribution in [2.75, 3.05) is 20.6 Å². The Morgan fingerprint density at radius 2 is 2.29 bits per heavy atom. The summed E-state index contributed by atoms with van der Waals surface area (Å²) in [5.74, 6) is -0.0935. The first kappa shape index (κ1) is 15.9. The second-order valence-corrected chi connectivity index (χ2v) is 6.91. The van der Waals surface area contributed by atoms with Gasteiger partial charge >= 0.3 is 0 Å². The van der Waals surface area contributed by atoms with Gasteiger partial charge in [-0.2, -0.15) is 0 Å². The molecular weight excluding hydrogens is 302 g/mol. The molecule has 112 valence electrons. The molecule has 0 aromatic carbocycles. The summed E-state index contributed by atoms with van der Waals surface area (Å²) in [6.45, 7) is 2.54. The van der Waals surface area contributed by atoms with E-state index in [-0.39, 0.29) is 11.9 Å². The van der Waals surface area contributed by atoms with E-state index in [0.29, 0.717) is 6.54 Å². The fraction of sp³-hybridized carbons (Fsp3) is 0.333. The van der Waals surface area contributed by atoms with Crippen LogP contribution in [0.2, 0.25) is 0 Å². The Labute approximate surface area is 133 Å². The molecule has 6 heteroatoms. The molecule has 0 aliphatic carbocycles. The number of rotatable bonds is 6. The largest absolute Gasteiger partial charge is 0.351 e. The fourth-order valence-electron chi connectivity index (χ4n) is 1.89. The van der Waals surface area contributed by atoms with Crippen molar-refractivity contribution < 1.29 is 4.79 Å². The Bertz CT molecular complexity index is 602. The van der Waals surface area contributed by atoms with Gasteiger partial charge in [-0.3, -0.25) is 4.79 Å². The fourth-order valence-corrected chi connectivity index (χ4v) is 3.40. The summed E-state index contributed by atoms with van der Waals surface area (Å²) >= 11 is 3.28. The number of hydrogen-bond donors (Lipinski definition) is 1. The molecule has 0 saturated heterocycles. The van der Waals surface area contributed by atoms with Crippen molar-refractivity contribution >= 4 is 34.7 Å². The van der Waals surface area contributed by atoms with Gasteiger partial charge in [0.1, 0.15) is 0 Å². The van der Waals surface area contributed by atoms with Crippen LogP contribution in [0.4, 0.5) is 0 Å². The van der Waals surface area contributed by atoms with E-state index in [9.17, 15) is 4.79 Å². The number of aryl methyl sites for hydroxylation is 1. The lowest BCUT2D eigenvalue weighted by Crippen LogP contribution is -2.33. The van der Waals surface area contributed by atoms with E-state index < -0.39 is 0 Å². The molecule has 0 bridgehead atoms. The van der Waals surface area contributed by atoms with Gasteiger partial charge in [0, 0.05) is 22.9 Å². The SMILES string of the molecule is Cc1nc(/C=C/C(=O)NCC(c2cccs2)N(C)C)cs1. The average Bonchev–Trinajstić information content (AvgIpc) is 3.08. The van der Waals surface area contributed by atoms with E-state index in [4.69, 9.17) is 0 Å². The predicted molar refractivity (Wildman–Crippen MR) is 89.6 cm³/mol.